The minimum atomic E-state index is -0.162. The zero-order chi connectivity index (χ0) is 33.3. The van der Waals surface area contributed by atoms with Crippen LogP contribution in [0.1, 0.15) is 90.9 Å². The number of aldehydes is 1. The number of carbonyl (C=O) groups excluding carboxylic acids is 2. The Morgan fingerprint density at radius 2 is 1.21 bits per heavy atom. The monoisotopic (exact) mass is 617 g/mol. The molecule has 0 unspecified atom stereocenters. The van der Waals surface area contributed by atoms with Crippen molar-refractivity contribution in [2.24, 2.45) is 0 Å². The third-order valence-electron chi connectivity index (χ3n) is 9.15. The summed E-state index contributed by atoms with van der Waals surface area (Å²) < 4.78 is 0. The number of hydrogen-bond acceptors (Lipinski definition) is 3. The average Bonchev–Trinajstić information content (AvgIpc) is 3.06. The third kappa shape index (κ3) is 6.90. The highest BCUT2D eigenvalue weighted by Gasteiger charge is 2.20. The van der Waals surface area contributed by atoms with E-state index in [1.807, 2.05) is 36.4 Å². The van der Waals surface area contributed by atoms with E-state index in [4.69, 9.17) is 0 Å². The minimum absolute atomic E-state index is 0.0822. The van der Waals surface area contributed by atoms with Crippen LogP contribution in [0.2, 0.25) is 0 Å². The van der Waals surface area contributed by atoms with Crippen molar-refractivity contribution in [3.8, 4) is 0 Å². The summed E-state index contributed by atoms with van der Waals surface area (Å²) in [5.41, 5.74) is 10.5. The molecule has 5 aromatic carbocycles. The van der Waals surface area contributed by atoms with Gasteiger partial charge in [0.2, 0.25) is 0 Å². The van der Waals surface area contributed by atoms with Crippen LogP contribution in [0, 0.1) is 0 Å². The maximum atomic E-state index is 13.2. The first-order valence-electron chi connectivity index (χ1n) is 16.5. The summed E-state index contributed by atoms with van der Waals surface area (Å²) in [6, 6.07) is 35.9. The highest BCUT2D eigenvalue weighted by Crippen LogP contribution is 2.39. The Balaban J connectivity index is 1.30. The first-order valence-corrected chi connectivity index (χ1v) is 16.5. The van der Waals surface area contributed by atoms with E-state index in [0.29, 0.717) is 11.1 Å². The number of allylic oxidation sites excluding steroid dienone is 3. The van der Waals surface area contributed by atoms with Gasteiger partial charge in [-0.1, -0.05) is 108 Å². The zero-order valence-corrected chi connectivity index (χ0v) is 28.3. The Bertz CT molecular complexity index is 1960. The lowest BCUT2D eigenvalue weighted by Crippen LogP contribution is -2.14. The van der Waals surface area contributed by atoms with E-state index in [0.717, 1.165) is 58.1 Å². The number of rotatable bonds is 7. The van der Waals surface area contributed by atoms with Gasteiger partial charge in [0.25, 0.3) is 0 Å². The van der Waals surface area contributed by atoms with E-state index < -0.39 is 0 Å². The lowest BCUT2D eigenvalue weighted by atomic mass is 9.86. The summed E-state index contributed by atoms with van der Waals surface area (Å²) in [4.78, 5) is 27.4. The molecule has 0 saturated carbocycles. The largest absolute Gasteiger partial charge is 0.310 e. The second-order valence-electron chi connectivity index (χ2n) is 14.6. The van der Waals surface area contributed by atoms with Crippen LogP contribution in [-0.2, 0) is 17.3 Å². The van der Waals surface area contributed by atoms with E-state index in [1.165, 1.54) is 16.7 Å². The van der Waals surface area contributed by atoms with E-state index in [2.05, 4.69) is 119 Å². The molecule has 3 heteroatoms. The quantitative estimate of drug-likeness (QED) is 0.104. The van der Waals surface area contributed by atoms with Gasteiger partial charge in [-0.05, 0) is 117 Å². The maximum Gasteiger partial charge on any atom is 0.186 e. The fraction of sp³-hybridized carbons (Fsp3) is 0.227. The second-order valence-corrected chi connectivity index (χ2v) is 14.6. The Morgan fingerprint density at radius 3 is 1.77 bits per heavy atom. The predicted octanol–water partition coefficient (Wildman–Crippen LogP) is 11.5. The molecule has 47 heavy (non-hydrogen) atoms. The molecule has 0 fully saturated rings. The van der Waals surface area contributed by atoms with E-state index in [1.54, 1.807) is 12.1 Å². The first-order chi connectivity index (χ1) is 22.4. The Kier molecular flexibility index (Phi) is 8.59. The van der Waals surface area contributed by atoms with Gasteiger partial charge in [0.15, 0.2) is 12.1 Å². The molecule has 1 aliphatic carbocycles. The molecule has 0 aromatic heterocycles. The fourth-order valence-electron chi connectivity index (χ4n) is 6.28. The molecule has 3 nitrogen and oxygen atoms in total. The number of hydrogen-bond donors (Lipinski definition) is 0. The number of ketones is 1. The standard InChI is InChI=1S/C44H43NO2/c1-43(2,3)36-15-20-38(21-16-36)45(39-22-17-37(18-23-39)44(4,5)6)40-19-14-33-25-30(11-13-34(33)27-40)12-24-42(47)41-28-32-10-8-7-9-31(32)26-35(41)29-46/h7-10,12,14-29H,11,13H2,1-6H3. The van der Waals surface area contributed by atoms with Crippen LogP contribution in [0.15, 0.2) is 121 Å². The van der Waals surface area contributed by atoms with Crippen molar-refractivity contribution in [1.82, 2.24) is 0 Å². The van der Waals surface area contributed by atoms with Crippen molar-refractivity contribution in [1.29, 1.82) is 0 Å². The van der Waals surface area contributed by atoms with Crippen LogP contribution in [0.3, 0.4) is 0 Å². The van der Waals surface area contributed by atoms with Crippen molar-refractivity contribution >= 4 is 46.0 Å². The molecule has 0 spiro atoms. The summed E-state index contributed by atoms with van der Waals surface area (Å²) in [5.74, 6) is -0.162. The van der Waals surface area contributed by atoms with Crippen molar-refractivity contribution in [3.63, 3.8) is 0 Å². The smallest absolute Gasteiger partial charge is 0.186 e. The SMILES string of the molecule is CC(C)(C)c1ccc(N(c2ccc(C(C)(C)C)cc2)c2ccc3c(c2)CCC(C=CC(=O)c2cc4ccccc4cc2C=O)=C3)cc1. The topological polar surface area (TPSA) is 37.4 Å². The van der Waals surface area contributed by atoms with E-state index in [9.17, 15) is 9.59 Å². The molecule has 0 atom stereocenters. The van der Waals surface area contributed by atoms with E-state index >= 15 is 0 Å². The molecule has 0 aliphatic heterocycles. The molecule has 0 bridgehead atoms. The molecule has 1 aliphatic rings. The molecule has 0 N–H and O–H groups in total. The van der Waals surface area contributed by atoms with E-state index in [-0.39, 0.29) is 16.6 Å². The van der Waals surface area contributed by atoms with Crippen LogP contribution in [0.5, 0.6) is 0 Å². The number of benzene rings is 5. The number of anilines is 3. The molecular weight excluding hydrogens is 574 g/mol. The molecule has 0 radical (unpaired) electrons. The van der Waals surface area contributed by atoms with Gasteiger partial charge in [0.05, 0.1) is 0 Å². The lowest BCUT2D eigenvalue weighted by Gasteiger charge is -2.29. The van der Waals surface area contributed by atoms with Crippen LogP contribution in [0.25, 0.3) is 16.8 Å². The molecule has 0 amide bonds. The van der Waals surface area contributed by atoms with Crippen LogP contribution in [0.4, 0.5) is 17.1 Å². The highest BCUT2D eigenvalue weighted by atomic mass is 16.1. The molecule has 5 aromatic rings. The van der Waals surface area contributed by atoms with Gasteiger partial charge in [0.1, 0.15) is 0 Å². The van der Waals surface area contributed by atoms with Gasteiger partial charge < -0.3 is 4.90 Å². The van der Waals surface area contributed by atoms with Crippen molar-refractivity contribution < 1.29 is 9.59 Å². The predicted molar refractivity (Wildman–Crippen MR) is 198 cm³/mol. The third-order valence-corrected chi connectivity index (χ3v) is 9.15. The number of carbonyl (C=O) groups is 2. The average molecular weight is 618 g/mol. The normalized spacial score (nSPS) is 13.4. The summed E-state index contributed by atoms with van der Waals surface area (Å²) in [7, 11) is 0. The highest BCUT2D eigenvalue weighted by molar-refractivity contribution is 6.12. The maximum absolute atomic E-state index is 13.2. The first kappa shape index (κ1) is 31.9. The minimum Gasteiger partial charge on any atom is -0.310 e. The van der Waals surface area contributed by atoms with Crippen LogP contribution < -0.4 is 4.90 Å². The van der Waals surface area contributed by atoms with Gasteiger partial charge in [-0.2, -0.15) is 0 Å². The van der Waals surface area contributed by atoms with Gasteiger partial charge in [0, 0.05) is 28.2 Å². The van der Waals surface area contributed by atoms with Crippen LogP contribution >= 0.6 is 0 Å². The van der Waals surface area contributed by atoms with Gasteiger partial charge >= 0.3 is 0 Å². The van der Waals surface area contributed by atoms with Crippen LogP contribution in [-0.4, -0.2) is 12.1 Å². The summed E-state index contributed by atoms with van der Waals surface area (Å²) in [6.45, 7) is 13.5. The van der Waals surface area contributed by atoms with Crippen molar-refractivity contribution in [3.05, 3.63) is 154 Å². The van der Waals surface area contributed by atoms with Gasteiger partial charge in [-0.3, -0.25) is 9.59 Å². The van der Waals surface area contributed by atoms with Crippen molar-refractivity contribution in [2.75, 3.05) is 4.90 Å². The second kappa shape index (κ2) is 12.6. The summed E-state index contributed by atoms with van der Waals surface area (Å²) in [6.07, 6.45) is 8.16. The molecule has 6 rings (SSSR count). The summed E-state index contributed by atoms with van der Waals surface area (Å²) in [5, 5.41) is 1.89. The number of aryl methyl sites for hydroxylation is 1. The lowest BCUT2D eigenvalue weighted by molar-refractivity contribution is 0.103. The Hall–Kier alpha value is -5.02. The fourth-order valence-corrected chi connectivity index (χ4v) is 6.28. The zero-order valence-electron chi connectivity index (χ0n) is 28.3. The summed E-state index contributed by atoms with van der Waals surface area (Å²) >= 11 is 0. The Morgan fingerprint density at radius 1 is 0.660 bits per heavy atom. The molecule has 236 valence electrons. The van der Waals surface area contributed by atoms with Crippen molar-refractivity contribution in [2.45, 2.75) is 65.2 Å². The molecule has 0 saturated heterocycles. The number of fused-ring (bicyclic) bond motifs is 2. The Labute approximate surface area is 279 Å². The van der Waals surface area contributed by atoms with Gasteiger partial charge in [-0.25, -0.2) is 0 Å². The number of nitrogens with zero attached hydrogens (tertiary/aromatic N) is 1. The van der Waals surface area contributed by atoms with Gasteiger partial charge in [-0.15, -0.1) is 0 Å². The molecule has 0 heterocycles. The molecular formula is C44H43NO2.